The molecule has 0 amide bonds. The lowest BCUT2D eigenvalue weighted by molar-refractivity contribution is 0.100. The number of carbonyl (C=O) groups excluding carboxylic acids is 2. The number of benzene rings is 1. The molecule has 2 aromatic rings. The molecule has 0 aliphatic rings. The second kappa shape index (κ2) is 3.97. The van der Waals surface area contributed by atoms with Crippen LogP contribution in [0.15, 0.2) is 33.5 Å². The molecule has 0 aliphatic carbocycles. The van der Waals surface area contributed by atoms with Crippen molar-refractivity contribution in [2.75, 3.05) is 0 Å². The van der Waals surface area contributed by atoms with E-state index in [9.17, 15) is 14.4 Å². The minimum atomic E-state index is -0.628. The number of fused-ring (bicyclic) bond motifs is 1. The first-order chi connectivity index (χ1) is 8.00. The highest BCUT2D eigenvalue weighted by atomic mass is 16.4. The number of Topliss-reactive ketones (excluding diaryl/α,β-unsaturated/α-hetero) is 2. The van der Waals surface area contributed by atoms with Crippen molar-refractivity contribution in [1.82, 2.24) is 0 Å². The quantitative estimate of drug-likeness (QED) is 0.586. The summed E-state index contributed by atoms with van der Waals surface area (Å²) in [6, 6.07) is 6.03. The number of carbonyl (C=O) groups is 2. The van der Waals surface area contributed by atoms with Gasteiger partial charge in [0, 0.05) is 17.0 Å². The van der Waals surface area contributed by atoms with Crippen LogP contribution in [0.5, 0.6) is 0 Å². The molecule has 86 valence electrons. The lowest BCUT2D eigenvalue weighted by atomic mass is 10.0. The third-order valence-electron chi connectivity index (χ3n) is 2.53. The summed E-state index contributed by atoms with van der Waals surface area (Å²) in [7, 11) is 0. The molecule has 4 heteroatoms. The first-order valence-corrected chi connectivity index (χ1v) is 5.09. The summed E-state index contributed by atoms with van der Waals surface area (Å²) >= 11 is 0. The van der Waals surface area contributed by atoms with Crippen LogP contribution in [0.25, 0.3) is 11.0 Å². The van der Waals surface area contributed by atoms with Crippen molar-refractivity contribution in [2.45, 2.75) is 13.8 Å². The van der Waals surface area contributed by atoms with Gasteiger partial charge in [-0.3, -0.25) is 9.59 Å². The summed E-state index contributed by atoms with van der Waals surface area (Å²) in [4.78, 5) is 34.2. The first kappa shape index (κ1) is 11.3. The van der Waals surface area contributed by atoms with Gasteiger partial charge < -0.3 is 4.42 Å². The lowest BCUT2D eigenvalue weighted by Gasteiger charge is -2.04. The lowest BCUT2D eigenvalue weighted by Crippen LogP contribution is -2.06. The number of hydrogen-bond acceptors (Lipinski definition) is 4. The topological polar surface area (TPSA) is 64.3 Å². The molecule has 0 spiro atoms. The fourth-order valence-electron chi connectivity index (χ4n) is 1.75. The predicted molar refractivity (Wildman–Crippen MR) is 62.5 cm³/mol. The van der Waals surface area contributed by atoms with Gasteiger partial charge in [0.05, 0.1) is 5.56 Å². The van der Waals surface area contributed by atoms with Crippen molar-refractivity contribution in [1.29, 1.82) is 0 Å². The minimum absolute atomic E-state index is 0.178. The number of ketones is 2. The summed E-state index contributed by atoms with van der Waals surface area (Å²) < 4.78 is 5.02. The Morgan fingerprint density at radius 3 is 2.29 bits per heavy atom. The second-order valence-corrected chi connectivity index (χ2v) is 3.77. The smallest absolute Gasteiger partial charge is 0.336 e. The third-order valence-corrected chi connectivity index (χ3v) is 2.53. The Labute approximate surface area is 96.9 Å². The Morgan fingerprint density at radius 2 is 1.71 bits per heavy atom. The highest BCUT2D eigenvalue weighted by molar-refractivity contribution is 6.11. The van der Waals surface area contributed by atoms with Crippen molar-refractivity contribution < 1.29 is 14.0 Å². The number of hydrogen-bond donors (Lipinski definition) is 0. The van der Waals surface area contributed by atoms with Gasteiger partial charge in [-0.2, -0.15) is 0 Å². The molecular weight excluding hydrogens is 220 g/mol. The average Bonchev–Trinajstić information content (AvgIpc) is 2.26. The van der Waals surface area contributed by atoms with Crippen LogP contribution >= 0.6 is 0 Å². The van der Waals surface area contributed by atoms with E-state index in [-0.39, 0.29) is 22.7 Å². The van der Waals surface area contributed by atoms with Crippen LogP contribution in [0.4, 0.5) is 0 Å². The summed E-state index contributed by atoms with van der Waals surface area (Å²) in [6.07, 6.45) is 0. The van der Waals surface area contributed by atoms with Gasteiger partial charge >= 0.3 is 5.63 Å². The van der Waals surface area contributed by atoms with E-state index in [0.717, 1.165) is 6.07 Å². The summed E-state index contributed by atoms with van der Waals surface area (Å²) in [6.45, 7) is 2.75. The maximum absolute atomic E-state index is 11.4. The highest BCUT2D eigenvalue weighted by Crippen LogP contribution is 2.21. The molecule has 4 nitrogen and oxygen atoms in total. The molecule has 0 fully saturated rings. The van der Waals surface area contributed by atoms with Crippen LogP contribution in [0.2, 0.25) is 0 Å². The van der Waals surface area contributed by atoms with Crippen molar-refractivity contribution in [3.05, 3.63) is 45.8 Å². The zero-order chi connectivity index (χ0) is 12.6. The molecule has 1 aromatic carbocycles. The van der Waals surface area contributed by atoms with Crippen LogP contribution in [-0.4, -0.2) is 11.6 Å². The van der Waals surface area contributed by atoms with Crippen LogP contribution in [0.1, 0.15) is 34.6 Å². The van der Waals surface area contributed by atoms with Gasteiger partial charge in [0.25, 0.3) is 0 Å². The van der Waals surface area contributed by atoms with Gasteiger partial charge in [-0.1, -0.05) is 12.1 Å². The van der Waals surface area contributed by atoms with Crippen LogP contribution in [-0.2, 0) is 0 Å². The maximum atomic E-state index is 11.4. The molecule has 0 atom stereocenters. The molecule has 0 saturated carbocycles. The normalized spacial score (nSPS) is 10.5. The number of para-hydroxylation sites is 1. The summed E-state index contributed by atoms with van der Waals surface area (Å²) in [5.41, 5.74) is 0.135. The molecule has 0 bridgehead atoms. The second-order valence-electron chi connectivity index (χ2n) is 3.77. The zero-order valence-corrected chi connectivity index (χ0v) is 9.44. The molecule has 0 radical (unpaired) electrons. The SMILES string of the molecule is CC(=O)c1cc(=O)oc2c(C(C)=O)cccc12. The van der Waals surface area contributed by atoms with E-state index in [1.54, 1.807) is 18.2 Å². The zero-order valence-electron chi connectivity index (χ0n) is 9.44. The van der Waals surface area contributed by atoms with Crippen LogP contribution in [0.3, 0.4) is 0 Å². The fraction of sp³-hybridized carbons (Fsp3) is 0.154. The Balaban J connectivity index is 2.98. The van der Waals surface area contributed by atoms with Gasteiger partial charge in [0.1, 0.15) is 5.58 Å². The van der Waals surface area contributed by atoms with Crippen molar-refractivity contribution in [3.63, 3.8) is 0 Å². The van der Waals surface area contributed by atoms with Crippen molar-refractivity contribution >= 4 is 22.5 Å². The Hall–Kier alpha value is -2.23. The van der Waals surface area contributed by atoms with E-state index in [1.165, 1.54) is 13.8 Å². The van der Waals surface area contributed by atoms with E-state index >= 15 is 0 Å². The Kier molecular flexibility index (Phi) is 2.63. The molecule has 1 aromatic heterocycles. The molecule has 0 aliphatic heterocycles. The van der Waals surface area contributed by atoms with Crippen molar-refractivity contribution in [3.8, 4) is 0 Å². The summed E-state index contributed by atoms with van der Waals surface area (Å²) in [5.74, 6) is -0.442. The molecule has 1 heterocycles. The summed E-state index contributed by atoms with van der Waals surface area (Å²) in [5, 5.41) is 0.491. The molecule has 0 N–H and O–H groups in total. The van der Waals surface area contributed by atoms with E-state index in [4.69, 9.17) is 4.42 Å². The largest absolute Gasteiger partial charge is 0.422 e. The molecular formula is C13H10O4. The standard InChI is InChI=1S/C13H10O4/c1-7(14)9-4-3-5-10-11(8(2)15)6-12(16)17-13(9)10/h3-6H,1-2H3. The Morgan fingerprint density at radius 1 is 1.06 bits per heavy atom. The molecule has 2 rings (SSSR count). The molecule has 17 heavy (non-hydrogen) atoms. The van der Waals surface area contributed by atoms with Gasteiger partial charge in [0.15, 0.2) is 11.6 Å². The molecule has 0 saturated heterocycles. The third kappa shape index (κ3) is 1.89. The van der Waals surface area contributed by atoms with Gasteiger partial charge in [-0.05, 0) is 19.9 Å². The maximum Gasteiger partial charge on any atom is 0.336 e. The average molecular weight is 230 g/mol. The van der Waals surface area contributed by atoms with Gasteiger partial charge in [-0.25, -0.2) is 4.79 Å². The highest BCUT2D eigenvalue weighted by Gasteiger charge is 2.14. The van der Waals surface area contributed by atoms with E-state index < -0.39 is 5.63 Å². The van der Waals surface area contributed by atoms with Gasteiger partial charge in [-0.15, -0.1) is 0 Å². The first-order valence-electron chi connectivity index (χ1n) is 5.09. The van der Waals surface area contributed by atoms with E-state index in [0.29, 0.717) is 10.9 Å². The predicted octanol–water partition coefficient (Wildman–Crippen LogP) is 2.20. The fourth-order valence-corrected chi connectivity index (χ4v) is 1.75. The Bertz CT molecular complexity index is 679. The molecule has 0 unspecified atom stereocenters. The monoisotopic (exact) mass is 230 g/mol. The van der Waals surface area contributed by atoms with Crippen LogP contribution < -0.4 is 5.63 Å². The van der Waals surface area contributed by atoms with Gasteiger partial charge in [0.2, 0.25) is 0 Å². The van der Waals surface area contributed by atoms with E-state index in [2.05, 4.69) is 0 Å². The minimum Gasteiger partial charge on any atom is -0.422 e. The number of rotatable bonds is 2. The van der Waals surface area contributed by atoms with E-state index in [1.807, 2.05) is 0 Å². The van der Waals surface area contributed by atoms with Crippen LogP contribution in [0, 0.1) is 0 Å². The van der Waals surface area contributed by atoms with Crippen molar-refractivity contribution in [2.24, 2.45) is 0 Å².